The summed E-state index contributed by atoms with van der Waals surface area (Å²) in [6.07, 6.45) is 0. The Hall–Kier alpha value is -1.91. The highest BCUT2D eigenvalue weighted by molar-refractivity contribution is 7.05. The maximum atomic E-state index is 5.93. The number of aryl methyl sites for hydroxylation is 1. The van der Waals surface area contributed by atoms with E-state index in [0.29, 0.717) is 10.2 Å². The molecule has 0 spiro atoms. The Kier molecular flexibility index (Phi) is 3.42. The molecule has 0 aliphatic heterocycles. The maximum Gasteiger partial charge on any atom is 0.350 e. The zero-order valence-electron chi connectivity index (χ0n) is 10.9. The average Bonchev–Trinajstić information content (AvgIpc) is 2.82. The lowest BCUT2D eigenvalue weighted by molar-refractivity contribution is -0.509. The van der Waals surface area contributed by atoms with Crippen LogP contribution in [0.15, 0.2) is 48.5 Å². The minimum absolute atomic E-state index is 0.538. The summed E-state index contributed by atoms with van der Waals surface area (Å²) in [5.74, 6) is 0.827. The van der Waals surface area contributed by atoms with Gasteiger partial charge in [0.15, 0.2) is 0 Å². The molecule has 0 aliphatic rings. The van der Waals surface area contributed by atoms with Crippen molar-refractivity contribution in [2.75, 3.05) is 5.73 Å². The lowest BCUT2D eigenvalue weighted by Gasteiger charge is -1.99. The van der Waals surface area contributed by atoms with E-state index in [1.165, 1.54) is 17.1 Å². The molecule has 0 radical (unpaired) electrons. The van der Waals surface area contributed by atoms with Gasteiger partial charge >= 0.3 is 11.0 Å². The summed E-state index contributed by atoms with van der Waals surface area (Å²) in [6.45, 7) is 2.07. The second-order valence-electron chi connectivity index (χ2n) is 4.50. The molecule has 0 saturated heterocycles. The Morgan fingerprint density at radius 2 is 1.70 bits per heavy atom. The molecule has 1 aromatic heterocycles. The van der Waals surface area contributed by atoms with Crippen molar-refractivity contribution < 1.29 is 3.96 Å². The number of hydrogen-bond donors (Lipinski definition) is 1. The summed E-state index contributed by atoms with van der Waals surface area (Å²) in [4.78, 5) is 4.43. The Morgan fingerprint density at radius 3 is 2.35 bits per heavy atom. The molecule has 5 heteroatoms. The van der Waals surface area contributed by atoms with Crippen molar-refractivity contribution >= 4 is 28.3 Å². The van der Waals surface area contributed by atoms with Crippen LogP contribution in [0.1, 0.15) is 5.56 Å². The first-order valence-corrected chi connectivity index (χ1v) is 7.30. The van der Waals surface area contributed by atoms with Gasteiger partial charge in [-0.05, 0) is 48.3 Å². The van der Waals surface area contributed by atoms with Crippen LogP contribution in [-0.4, -0.2) is 4.98 Å². The van der Waals surface area contributed by atoms with E-state index in [0.717, 1.165) is 17.1 Å². The summed E-state index contributed by atoms with van der Waals surface area (Å²) >= 11 is 7.35. The molecule has 0 saturated carbocycles. The number of nitrogens with two attached hydrogens (primary N) is 1. The van der Waals surface area contributed by atoms with E-state index in [-0.39, 0.29) is 0 Å². The molecule has 3 aromatic rings. The topological polar surface area (TPSA) is 42.8 Å². The van der Waals surface area contributed by atoms with Gasteiger partial charge < -0.3 is 5.73 Å². The van der Waals surface area contributed by atoms with E-state index in [9.17, 15) is 0 Å². The zero-order valence-corrected chi connectivity index (χ0v) is 12.4. The predicted octanol–water partition coefficient (Wildman–Crippen LogP) is 3.63. The summed E-state index contributed by atoms with van der Waals surface area (Å²) < 4.78 is 2.03. The van der Waals surface area contributed by atoms with Crippen LogP contribution in [-0.2, 0) is 0 Å². The van der Waals surface area contributed by atoms with E-state index in [2.05, 4.69) is 36.2 Å². The fourth-order valence-corrected chi connectivity index (χ4v) is 2.84. The fraction of sp³-hybridized carbons (Fsp3) is 0.0667. The van der Waals surface area contributed by atoms with Gasteiger partial charge in [0.25, 0.3) is 0 Å². The Labute approximate surface area is 126 Å². The fourth-order valence-electron chi connectivity index (χ4n) is 1.94. The van der Waals surface area contributed by atoms with E-state index >= 15 is 0 Å². The maximum absolute atomic E-state index is 5.93. The highest BCUT2D eigenvalue weighted by Crippen LogP contribution is 2.22. The second-order valence-corrected chi connectivity index (χ2v) is 5.90. The van der Waals surface area contributed by atoms with Crippen molar-refractivity contribution in [2.24, 2.45) is 0 Å². The molecule has 0 atom stereocenters. The summed E-state index contributed by atoms with van der Waals surface area (Å²) in [6, 6.07) is 15.9. The van der Waals surface area contributed by atoms with Crippen LogP contribution in [0.3, 0.4) is 0 Å². The normalized spacial score (nSPS) is 10.7. The molecule has 0 amide bonds. The molecule has 0 fully saturated rings. The standard InChI is InChI=1S/C15H12ClN3S/c1-10-2-8-13(9-3-10)19-14(18-15(17)20-19)11-4-6-12(16)7-5-11/h2-9,17H,1H3/p+1. The van der Waals surface area contributed by atoms with E-state index in [1.807, 2.05) is 28.2 Å². The lowest BCUT2D eigenvalue weighted by atomic mass is 10.2. The number of aromatic nitrogens is 2. The van der Waals surface area contributed by atoms with Crippen LogP contribution in [0.4, 0.5) is 5.13 Å². The Balaban J connectivity index is 2.12. The van der Waals surface area contributed by atoms with E-state index in [1.54, 1.807) is 0 Å². The van der Waals surface area contributed by atoms with E-state index in [4.69, 9.17) is 17.3 Å². The molecule has 100 valence electrons. The lowest BCUT2D eigenvalue weighted by Crippen LogP contribution is -2.27. The highest BCUT2D eigenvalue weighted by atomic mass is 35.5. The molecule has 20 heavy (non-hydrogen) atoms. The van der Waals surface area contributed by atoms with Gasteiger partial charge in [0.1, 0.15) is 17.2 Å². The van der Waals surface area contributed by atoms with Crippen LogP contribution in [0.25, 0.3) is 17.1 Å². The van der Waals surface area contributed by atoms with Crippen molar-refractivity contribution in [3.8, 4) is 17.1 Å². The molecule has 0 bridgehead atoms. The van der Waals surface area contributed by atoms with Crippen LogP contribution in [0.5, 0.6) is 0 Å². The quantitative estimate of drug-likeness (QED) is 0.735. The molecular formula is C15H13ClN3S+. The number of hydrogen-bond acceptors (Lipinski definition) is 3. The van der Waals surface area contributed by atoms with Gasteiger partial charge in [-0.2, -0.15) is 0 Å². The average molecular weight is 303 g/mol. The molecule has 0 aliphatic carbocycles. The first-order valence-electron chi connectivity index (χ1n) is 6.15. The van der Waals surface area contributed by atoms with Gasteiger partial charge in [-0.25, -0.2) is 0 Å². The first-order chi connectivity index (χ1) is 9.63. The zero-order chi connectivity index (χ0) is 14.1. The van der Waals surface area contributed by atoms with Crippen molar-refractivity contribution in [1.29, 1.82) is 0 Å². The highest BCUT2D eigenvalue weighted by Gasteiger charge is 2.22. The summed E-state index contributed by atoms with van der Waals surface area (Å²) in [5.41, 5.74) is 9.14. The van der Waals surface area contributed by atoms with Crippen LogP contribution in [0, 0.1) is 6.92 Å². The number of halogens is 1. The van der Waals surface area contributed by atoms with Gasteiger partial charge in [0.2, 0.25) is 0 Å². The summed E-state index contributed by atoms with van der Waals surface area (Å²) in [5, 5.41) is 1.24. The third kappa shape index (κ3) is 2.53. The molecule has 0 unspecified atom stereocenters. The molecule has 3 nitrogen and oxygen atoms in total. The van der Waals surface area contributed by atoms with Gasteiger partial charge in [0.05, 0.1) is 5.56 Å². The summed E-state index contributed by atoms with van der Waals surface area (Å²) in [7, 11) is 0. The predicted molar refractivity (Wildman–Crippen MR) is 83.2 cm³/mol. The first kappa shape index (κ1) is 13.1. The number of nitrogens with zero attached hydrogens (tertiary/aromatic N) is 2. The second kappa shape index (κ2) is 5.23. The van der Waals surface area contributed by atoms with Crippen molar-refractivity contribution in [3.05, 3.63) is 59.1 Å². The van der Waals surface area contributed by atoms with Crippen LogP contribution >= 0.6 is 23.1 Å². The van der Waals surface area contributed by atoms with Gasteiger partial charge in [0, 0.05) is 5.02 Å². The molecule has 2 N–H and O–H groups in total. The molecule has 1 heterocycles. The van der Waals surface area contributed by atoms with Crippen molar-refractivity contribution in [1.82, 2.24) is 4.98 Å². The van der Waals surface area contributed by atoms with Gasteiger partial charge in [-0.15, -0.1) is 3.96 Å². The van der Waals surface area contributed by atoms with Gasteiger partial charge in [-0.3, -0.25) is 0 Å². The van der Waals surface area contributed by atoms with Crippen molar-refractivity contribution in [3.63, 3.8) is 0 Å². The third-order valence-electron chi connectivity index (χ3n) is 2.96. The number of rotatable bonds is 2. The molecular weight excluding hydrogens is 290 g/mol. The van der Waals surface area contributed by atoms with E-state index < -0.39 is 0 Å². The third-order valence-corrected chi connectivity index (χ3v) is 4.06. The Morgan fingerprint density at radius 1 is 1.05 bits per heavy atom. The molecule has 2 aromatic carbocycles. The van der Waals surface area contributed by atoms with Gasteiger partial charge in [-0.1, -0.05) is 29.3 Å². The molecule has 3 rings (SSSR count). The Bertz CT molecular complexity index is 670. The minimum Gasteiger partial charge on any atom is -0.351 e. The number of anilines is 1. The smallest absolute Gasteiger partial charge is 0.350 e. The largest absolute Gasteiger partial charge is 0.351 e. The number of benzene rings is 2. The van der Waals surface area contributed by atoms with Crippen LogP contribution < -0.4 is 9.69 Å². The van der Waals surface area contributed by atoms with Crippen molar-refractivity contribution in [2.45, 2.75) is 6.92 Å². The SMILES string of the molecule is Cc1ccc(-[n+]2sc(N)nc2-c2ccc(Cl)cc2)cc1. The minimum atomic E-state index is 0.538. The van der Waals surface area contributed by atoms with Crippen LogP contribution in [0.2, 0.25) is 5.02 Å². The monoisotopic (exact) mass is 302 g/mol. The number of nitrogen functional groups attached to an aromatic ring is 1.